The second-order valence-corrected chi connectivity index (χ2v) is 5.70. The van der Waals surface area contributed by atoms with E-state index in [4.69, 9.17) is 5.73 Å². The number of hydrogen-bond donors (Lipinski definition) is 2. The number of halogens is 1. The first-order valence-electron chi connectivity index (χ1n) is 6.06. The topological polar surface area (TPSA) is 55.1 Å². The maximum absolute atomic E-state index is 11.8. The molecule has 0 saturated heterocycles. The summed E-state index contributed by atoms with van der Waals surface area (Å²) in [6, 6.07) is 0. The van der Waals surface area contributed by atoms with Gasteiger partial charge in [0.05, 0.1) is 0 Å². The van der Waals surface area contributed by atoms with Crippen molar-refractivity contribution < 1.29 is 4.79 Å². The van der Waals surface area contributed by atoms with E-state index in [1.54, 1.807) is 0 Å². The average Bonchev–Trinajstić information content (AvgIpc) is 2.85. The zero-order valence-corrected chi connectivity index (χ0v) is 11.0. The Morgan fingerprint density at radius 3 is 2.50 bits per heavy atom. The van der Waals surface area contributed by atoms with Crippen molar-refractivity contribution in [2.24, 2.45) is 17.1 Å². The summed E-state index contributed by atoms with van der Waals surface area (Å²) in [6.07, 6.45) is 5.47. The third kappa shape index (κ3) is 2.51. The summed E-state index contributed by atoms with van der Waals surface area (Å²) in [7, 11) is 0. The lowest BCUT2D eigenvalue weighted by Gasteiger charge is -2.38. The van der Waals surface area contributed by atoms with Crippen LogP contribution in [-0.4, -0.2) is 18.0 Å². The largest absolute Gasteiger partial charge is 0.354 e. The molecule has 0 spiro atoms. The average molecular weight is 247 g/mol. The molecule has 2 unspecified atom stereocenters. The van der Waals surface area contributed by atoms with Gasteiger partial charge in [-0.05, 0) is 37.5 Å². The summed E-state index contributed by atoms with van der Waals surface area (Å²) < 4.78 is 0. The Hall–Kier alpha value is -0.280. The first kappa shape index (κ1) is 13.8. The lowest BCUT2D eigenvalue weighted by atomic mass is 9.78. The zero-order valence-electron chi connectivity index (χ0n) is 10.2. The molecule has 2 rings (SSSR count). The van der Waals surface area contributed by atoms with Crippen molar-refractivity contribution in [3.8, 4) is 0 Å². The monoisotopic (exact) mass is 246 g/mol. The maximum Gasteiger partial charge on any atom is 0.223 e. The quantitative estimate of drug-likeness (QED) is 0.796. The van der Waals surface area contributed by atoms with Crippen molar-refractivity contribution in [2.75, 3.05) is 6.54 Å². The second kappa shape index (κ2) is 4.53. The zero-order chi connectivity index (χ0) is 11.1. The van der Waals surface area contributed by atoms with Gasteiger partial charge in [0.2, 0.25) is 5.91 Å². The van der Waals surface area contributed by atoms with Crippen LogP contribution in [-0.2, 0) is 4.79 Å². The molecule has 2 aliphatic carbocycles. The van der Waals surface area contributed by atoms with Gasteiger partial charge in [-0.1, -0.05) is 13.8 Å². The Kier molecular flexibility index (Phi) is 3.91. The van der Waals surface area contributed by atoms with E-state index < -0.39 is 0 Å². The number of nitrogens with two attached hydrogens (primary N) is 1. The first-order chi connectivity index (χ1) is 6.99. The van der Waals surface area contributed by atoms with Gasteiger partial charge in [0.15, 0.2) is 0 Å². The van der Waals surface area contributed by atoms with Crippen molar-refractivity contribution in [1.29, 1.82) is 0 Å². The molecule has 0 bridgehead atoms. The maximum atomic E-state index is 11.8. The molecule has 0 aromatic rings. The minimum Gasteiger partial charge on any atom is -0.354 e. The molecular formula is C12H23ClN2O. The van der Waals surface area contributed by atoms with Crippen LogP contribution in [0.15, 0.2) is 0 Å². The van der Waals surface area contributed by atoms with Crippen LogP contribution in [0.2, 0.25) is 0 Å². The Morgan fingerprint density at radius 2 is 2.12 bits per heavy atom. The summed E-state index contributed by atoms with van der Waals surface area (Å²) in [5, 5.41) is 3.01. The number of carbonyl (C=O) groups is 1. The molecular weight excluding hydrogens is 224 g/mol. The first-order valence-corrected chi connectivity index (χ1v) is 6.06. The van der Waals surface area contributed by atoms with Crippen molar-refractivity contribution in [2.45, 2.75) is 51.5 Å². The van der Waals surface area contributed by atoms with Crippen LogP contribution < -0.4 is 11.1 Å². The highest BCUT2D eigenvalue weighted by atomic mass is 35.5. The fourth-order valence-electron chi connectivity index (χ4n) is 2.40. The highest BCUT2D eigenvalue weighted by Crippen LogP contribution is 2.54. The van der Waals surface area contributed by atoms with Gasteiger partial charge in [0.1, 0.15) is 0 Å². The number of rotatable bonds is 4. The van der Waals surface area contributed by atoms with E-state index in [1.807, 2.05) is 0 Å². The third-order valence-corrected chi connectivity index (χ3v) is 4.44. The molecule has 0 heterocycles. The predicted octanol–water partition coefficient (Wildman–Crippen LogP) is 1.84. The third-order valence-electron chi connectivity index (χ3n) is 4.44. The van der Waals surface area contributed by atoms with Gasteiger partial charge in [-0.25, -0.2) is 0 Å². The van der Waals surface area contributed by atoms with Crippen LogP contribution >= 0.6 is 12.4 Å². The minimum atomic E-state index is -0.0901. The molecule has 3 nitrogen and oxygen atoms in total. The van der Waals surface area contributed by atoms with E-state index in [0.29, 0.717) is 6.54 Å². The Bertz CT molecular complexity index is 278. The van der Waals surface area contributed by atoms with Crippen LogP contribution in [0.1, 0.15) is 46.0 Å². The van der Waals surface area contributed by atoms with Gasteiger partial charge < -0.3 is 11.1 Å². The summed E-state index contributed by atoms with van der Waals surface area (Å²) in [5.41, 5.74) is 6.24. The highest BCUT2D eigenvalue weighted by molar-refractivity contribution is 5.85. The molecule has 0 aromatic heterocycles. The van der Waals surface area contributed by atoms with E-state index in [9.17, 15) is 4.79 Å². The molecule has 4 heteroatoms. The fourth-order valence-corrected chi connectivity index (χ4v) is 2.40. The van der Waals surface area contributed by atoms with E-state index in [-0.39, 0.29) is 35.2 Å². The molecule has 2 aliphatic rings. The molecule has 0 aliphatic heterocycles. The van der Waals surface area contributed by atoms with Crippen LogP contribution in [0.4, 0.5) is 0 Å². The number of nitrogens with one attached hydrogen (secondary N) is 1. The number of amides is 1. The molecule has 1 amide bonds. The minimum absolute atomic E-state index is 0. The standard InChI is InChI=1S/C12H22N2O.ClH/c1-3-11(2)7-9(11)10(15)14-8-12(13)5-4-6-12;/h9H,3-8,13H2,1-2H3,(H,14,15);1H. The molecule has 2 saturated carbocycles. The van der Waals surface area contributed by atoms with Crippen molar-refractivity contribution in [1.82, 2.24) is 5.32 Å². The molecule has 16 heavy (non-hydrogen) atoms. The lowest BCUT2D eigenvalue weighted by molar-refractivity contribution is -0.123. The lowest BCUT2D eigenvalue weighted by Crippen LogP contribution is -2.55. The Balaban J connectivity index is 0.00000128. The van der Waals surface area contributed by atoms with Crippen LogP contribution in [0, 0.1) is 11.3 Å². The fraction of sp³-hybridized carbons (Fsp3) is 0.917. The van der Waals surface area contributed by atoms with E-state index in [0.717, 1.165) is 25.7 Å². The normalized spacial score (nSPS) is 34.6. The van der Waals surface area contributed by atoms with Crippen molar-refractivity contribution >= 4 is 18.3 Å². The van der Waals surface area contributed by atoms with Crippen LogP contribution in [0.5, 0.6) is 0 Å². The highest BCUT2D eigenvalue weighted by Gasteiger charge is 2.53. The summed E-state index contributed by atoms with van der Waals surface area (Å²) in [4.78, 5) is 11.8. The van der Waals surface area contributed by atoms with Gasteiger partial charge in [0, 0.05) is 18.0 Å². The summed E-state index contributed by atoms with van der Waals surface area (Å²) in [6.45, 7) is 5.02. The van der Waals surface area contributed by atoms with Crippen LogP contribution in [0.25, 0.3) is 0 Å². The molecule has 0 radical (unpaired) electrons. The van der Waals surface area contributed by atoms with Gasteiger partial charge in [0.25, 0.3) is 0 Å². The van der Waals surface area contributed by atoms with Gasteiger partial charge in [-0.3, -0.25) is 4.79 Å². The molecule has 94 valence electrons. The predicted molar refractivity (Wildman–Crippen MR) is 67.5 cm³/mol. The van der Waals surface area contributed by atoms with Gasteiger partial charge in [-0.2, -0.15) is 0 Å². The molecule has 0 aromatic carbocycles. The van der Waals surface area contributed by atoms with Crippen molar-refractivity contribution in [3.63, 3.8) is 0 Å². The summed E-state index contributed by atoms with van der Waals surface area (Å²) >= 11 is 0. The van der Waals surface area contributed by atoms with E-state index >= 15 is 0 Å². The molecule has 3 N–H and O–H groups in total. The molecule has 2 fully saturated rings. The van der Waals surface area contributed by atoms with Crippen molar-refractivity contribution in [3.05, 3.63) is 0 Å². The second-order valence-electron chi connectivity index (χ2n) is 5.70. The van der Waals surface area contributed by atoms with Crippen LogP contribution in [0.3, 0.4) is 0 Å². The smallest absolute Gasteiger partial charge is 0.223 e. The SMILES string of the molecule is CCC1(C)CC1C(=O)NCC1(N)CCC1.Cl. The van der Waals surface area contributed by atoms with Gasteiger partial charge in [-0.15, -0.1) is 12.4 Å². The molecule has 2 atom stereocenters. The number of carbonyl (C=O) groups excluding carboxylic acids is 1. The summed E-state index contributed by atoms with van der Waals surface area (Å²) in [5.74, 6) is 0.460. The Labute approximate surface area is 104 Å². The Morgan fingerprint density at radius 1 is 1.50 bits per heavy atom. The van der Waals surface area contributed by atoms with Gasteiger partial charge >= 0.3 is 0 Å². The van der Waals surface area contributed by atoms with E-state index in [1.165, 1.54) is 6.42 Å². The van der Waals surface area contributed by atoms with E-state index in [2.05, 4.69) is 19.2 Å². The number of hydrogen-bond acceptors (Lipinski definition) is 2.